The highest BCUT2D eigenvalue weighted by Gasteiger charge is 2.32. The van der Waals surface area contributed by atoms with E-state index in [9.17, 15) is 9.59 Å². The molecule has 0 aromatic carbocycles. The van der Waals surface area contributed by atoms with Gasteiger partial charge in [0.25, 0.3) is 0 Å². The molecular weight excluding hydrogens is 274 g/mol. The number of urea groups is 1. The maximum absolute atomic E-state index is 11.8. The van der Waals surface area contributed by atoms with Gasteiger partial charge >= 0.3 is 12.0 Å². The molecule has 7 heteroatoms. The van der Waals surface area contributed by atoms with Crippen molar-refractivity contribution < 1.29 is 19.4 Å². The first kappa shape index (κ1) is 16.7. The fourth-order valence-corrected chi connectivity index (χ4v) is 1.65. The molecule has 3 N–H and O–H groups in total. The molecule has 0 aliphatic rings. The zero-order chi connectivity index (χ0) is 16.0. The van der Waals surface area contributed by atoms with Gasteiger partial charge in [-0.1, -0.05) is 26.8 Å². The number of carboxylic acid groups (broad SMARTS) is 1. The zero-order valence-electron chi connectivity index (χ0n) is 12.6. The van der Waals surface area contributed by atoms with E-state index in [0.717, 1.165) is 5.56 Å². The predicted octanol–water partition coefficient (Wildman–Crippen LogP) is 1.39. The van der Waals surface area contributed by atoms with Gasteiger partial charge in [0.1, 0.15) is 6.04 Å². The minimum Gasteiger partial charge on any atom is -0.481 e. The van der Waals surface area contributed by atoms with Crippen molar-refractivity contribution in [3.63, 3.8) is 0 Å². The molecule has 0 radical (unpaired) electrons. The van der Waals surface area contributed by atoms with Crippen molar-refractivity contribution in [1.29, 1.82) is 0 Å². The van der Waals surface area contributed by atoms with Gasteiger partial charge in [0.15, 0.2) is 0 Å². The Morgan fingerprint density at radius 2 is 2.05 bits per heavy atom. The van der Waals surface area contributed by atoms with Gasteiger partial charge in [-0.05, 0) is 11.0 Å². The summed E-state index contributed by atoms with van der Waals surface area (Å²) in [6.45, 7) is 5.50. The number of amides is 2. The highest BCUT2D eigenvalue weighted by molar-refractivity contribution is 5.83. The maximum Gasteiger partial charge on any atom is 0.326 e. The highest BCUT2D eigenvalue weighted by atomic mass is 16.5. The minimum atomic E-state index is -1.07. The molecule has 2 amide bonds. The predicted molar refractivity (Wildman–Crippen MR) is 77.0 cm³/mol. The molecule has 1 aromatic heterocycles. The summed E-state index contributed by atoms with van der Waals surface area (Å²) >= 11 is 0. The van der Waals surface area contributed by atoms with Gasteiger partial charge < -0.3 is 20.5 Å². The fraction of sp³-hybridized carbons (Fsp3) is 0.500. The van der Waals surface area contributed by atoms with E-state index in [1.54, 1.807) is 39.1 Å². The van der Waals surface area contributed by atoms with Crippen LogP contribution >= 0.6 is 0 Å². The summed E-state index contributed by atoms with van der Waals surface area (Å²) in [7, 11) is 1.52. The molecule has 0 saturated carbocycles. The summed E-state index contributed by atoms with van der Waals surface area (Å²) in [4.78, 5) is 26.9. The molecule has 1 atom stereocenters. The topological polar surface area (TPSA) is 101 Å². The molecule has 21 heavy (non-hydrogen) atoms. The first-order valence-corrected chi connectivity index (χ1v) is 6.50. The SMILES string of the molecule is COc1ccc(CNC(=O)NC(C(=O)O)C(C)(C)C)cn1. The van der Waals surface area contributed by atoms with Gasteiger partial charge in [0.05, 0.1) is 7.11 Å². The summed E-state index contributed by atoms with van der Waals surface area (Å²) in [5, 5.41) is 14.2. The van der Waals surface area contributed by atoms with Crippen molar-refractivity contribution in [2.24, 2.45) is 5.41 Å². The molecule has 0 aliphatic carbocycles. The van der Waals surface area contributed by atoms with Crippen LogP contribution in [0, 0.1) is 5.41 Å². The maximum atomic E-state index is 11.8. The molecule has 0 fully saturated rings. The normalized spacial score (nSPS) is 12.4. The van der Waals surface area contributed by atoms with E-state index in [0.29, 0.717) is 5.88 Å². The van der Waals surface area contributed by atoms with E-state index in [1.807, 2.05) is 0 Å². The second-order valence-electron chi connectivity index (χ2n) is 5.67. The van der Waals surface area contributed by atoms with Crippen LogP contribution in [0.25, 0.3) is 0 Å². The lowest BCUT2D eigenvalue weighted by Gasteiger charge is -2.27. The summed E-state index contributed by atoms with van der Waals surface area (Å²) in [5.41, 5.74) is 0.207. The molecule has 116 valence electrons. The smallest absolute Gasteiger partial charge is 0.326 e. The number of aromatic nitrogens is 1. The number of ether oxygens (including phenoxy) is 1. The van der Waals surface area contributed by atoms with Gasteiger partial charge in [-0.2, -0.15) is 0 Å². The van der Waals surface area contributed by atoms with E-state index in [-0.39, 0.29) is 6.54 Å². The number of nitrogens with zero attached hydrogens (tertiary/aromatic N) is 1. The third-order valence-electron chi connectivity index (χ3n) is 2.85. The van der Waals surface area contributed by atoms with E-state index >= 15 is 0 Å². The molecule has 0 saturated heterocycles. The van der Waals surface area contributed by atoms with Crippen molar-refractivity contribution in [2.75, 3.05) is 7.11 Å². The minimum absolute atomic E-state index is 0.249. The average Bonchev–Trinajstić information content (AvgIpc) is 2.41. The largest absolute Gasteiger partial charge is 0.481 e. The number of hydrogen-bond donors (Lipinski definition) is 3. The van der Waals surface area contributed by atoms with Crippen LogP contribution in [0.3, 0.4) is 0 Å². The standard InChI is InChI=1S/C14H21N3O4/c1-14(2,3)11(12(18)19)17-13(20)16-8-9-5-6-10(21-4)15-7-9/h5-7,11H,8H2,1-4H3,(H,18,19)(H2,16,17,20). The van der Waals surface area contributed by atoms with Crippen molar-refractivity contribution in [1.82, 2.24) is 15.6 Å². The molecule has 1 heterocycles. The summed E-state index contributed by atoms with van der Waals surface area (Å²) in [6, 6.07) is 1.95. The number of carboxylic acids is 1. The third-order valence-corrected chi connectivity index (χ3v) is 2.85. The van der Waals surface area contributed by atoms with Crippen LogP contribution in [0.1, 0.15) is 26.3 Å². The Morgan fingerprint density at radius 3 is 2.48 bits per heavy atom. The second-order valence-corrected chi connectivity index (χ2v) is 5.67. The van der Waals surface area contributed by atoms with Crippen LogP contribution in [0.15, 0.2) is 18.3 Å². The fourth-order valence-electron chi connectivity index (χ4n) is 1.65. The van der Waals surface area contributed by atoms with Crippen LogP contribution in [0.5, 0.6) is 5.88 Å². The van der Waals surface area contributed by atoms with Crippen molar-refractivity contribution in [3.05, 3.63) is 23.9 Å². The Bertz CT molecular complexity index is 494. The third kappa shape index (κ3) is 5.29. The van der Waals surface area contributed by atoms with Crippen LogP contribution in [0.2, 0.25) is 0 Å². The zero-order valence-corrected chi connectivity index (χ0v) is 12.6. The number of hydrogen-bond acceptors (Lipinski definition) is 4. The molecule has 1 rings (SSSR count). The van der Waals surface area contributed by atoms with E-state index in [2.05, 4.69) is 15.6 Å². The van der Waals surface area contributed by atoms with Crippen LogP contribution < -0.4 is 15.4 Å². The number of carbonyl (C=O) groups excluding carboxylic acids is 1. The van der Waals surface area contributed by atoms with E-state index < -0.39 is 23.5 Å². The molecule has 1 unspecified atom stereocenters. The second kappa shape index (κ2) is 6.92. The van der Waals surface area contributed by atoms with Gasteiger partial charge in [0.2, 0.25) is 5.88 Å². The van der Waals surface area contributed by atoms with Crippen LogP contribution in [-0.2, 0) is 11.3 Å². The van der Waals surface area contributed by atoms with Gasteiger partial charge in [-0.15, -0.1) is 0 Å². The van der Waals surface area contributed by atoms with Crippen molar-refractivity contribution in [3.8, 4) is 5.88 Å². The Kier molecular flexibility index (Phi) is 5.52. The van der Waals surface area contributed by atoms with Crippen molar-refractivity contribution >= 4 is 12.0 Å². The monoisotopic (exact) mass is 295 g/mol. The molecule has 0 spiro atoms. The Hall–Kier alpha value is -2.31. The number of aliphatic carboxylic acids is 1. The highest BCUT2D eigenvalue weighted by Crippen LogP contribution is 2.19. The Balaban J connectivity index is 2.54. The molecule has 0 aliphatic heterocycles. The summed E-state index contributed by atoms with van der Waals surface area (Å²) in [5.74, 6) is -0.578. The average molecular weight is 295 g/mol. The van der Waals surface area contributed by atoms with Crippen LogP contribution in [-0.4, -0.2) is 35.2 Å². The molecule has 7 nitrogen and oxygen atoms in total. The lowest BCUT2D eigenvalue weighted by atomic mass is 9.87. The lowest BCUT2D eigenvalue weighted by molar-refractivity contribution is -0.141. The van der Waals surface area contributed by atoms with Gasteiger partial charge in [-0.3, -0.25) is 0 Å². The molecule has 1 aromatic rings. The first-order chi connectivity index (χ1) is 9.74. The quantitative estimate of drug-likeness (QED) is 0.762. The first-order valence-electron chi connectivity index (χ1n) is 6.50. The number of pyridine rings is 1. The van der Waals surface area contributed by atoms with Gasteiger partial charge in [-0.25, -0.2) is 14.6 Å². The number of nitrogens with one attached hydrogen (secondary N) is 2. The molecule has 0 bridgehead atoms. The lowest BCUT2D eigenvalue weighted by Crippen LogP contribution is -2.52. The van der Waals surface area contributed by atoms with Crippen molar-refractivity contribution in [2.45, 2.75) is 33.4 Å². The summed E-state index contributed by atoms with van der Waals surface area (Å²) in [6.07, 6.45) is 1.58. The Labute approximate surface area is 123 Å². The van der Waals surface area contributed by atoms with Gasteiger partial charge in [0, 0.05) is 18.8 Å². The summed E-state index contributed by atoms with van der Waals surface area (Å²) < 4.78 is 4.94. The Morgan fingerprint density at radius 1 is 1.38 bits per heavy atom. The number of carbonyl (C=O) groups is 2. The van der Waals surface area contributed by atoms with E-state index in [4.69, 9.17) is 9.84 Å². The number of rotatable bonds is 5. The number of methoxy groups -OCH3 is 1. The molecular formula is C14H21N3O4. The van der Waals surface area contributed by atoms with E-state index in [1.165, 1.54) is 7.11 Å². The van der Waals surface area contributed by atoms with Crippen LogP contribution in [0.4, 0.5) is 4.79 Å².